The van der Waals surface area contributed by atoms with Gasteiger partial charge in [0.2, 0.25) is 0 Å². The number of hydrogen-bond donors (Lipinski definition) is 2. The molecular formula is C3H6N2OS. The van der Waals surface area contributed by atoms with Crippen molar-refractivity contribution in [2.45, 2.75) is 5.18 Å². The van der Waals surface area contributed by atoms with E-state index in [1.807, 2.05) is 0 Å². The summed E-state index contributed by atoms with van der Waals surface area (Å²) in [5, 5.41) is 3.00. The summed E-state index contributed by atoms with van der Waals surface area (Å²) >= 11 is 1.77. The fourth-order valence-electron chi connectivity index (χ4n) is 0.639. The second-order valence-electron chi connectivity index (χ2n) is 1.60. The molecule has 0 bridgehead atoms. The van der Waals surface area contributed by atoms with Gasteiger partial charge in [0.15, 0.2) is 0 Å². The Hall–Kier alpha value is 0.230. The maximum atomic E-state index is 4.86. The average molecular weight is 118 g/mol. The molecule has 7 heavy (non-hydrogen) atoms. The molecule has 0 aromatic rings. The van der Waals surface area contributed by atoms with Gasteiger partial charge in [-0.1, -0.05) is 11.8 Å². The highest BCUT2D eigenvalue weighted by Crippen LogP contribution is 2.33. The molecule has 0 radical (unpaired) electrons. The summed E-state index contributed by atoms with van der Waals surface area (Å²) < 4.78 is 0. The van der Waals surface area contributed by atoms with Crippen molar-refractivity contribution in [1.29, 1.82) is 0 Å². The monoisotopic (exact) mass is 118 g/mol. The van der Waals surface area contributed by atoms with E-state index in [1.54, 1.807) is 11.8 Å². The number of thioether (sulfide) groups is 1. The molecule has 1 spiro atoms. The highest BCUT2D eigenvalue weighted by Gasteiger charge is 2.48. The number of rotatable bonds is 0. The summed E-state index contributed by atoms with van der Waals surface area (Å²) in [6.07, 6.45) is 0. The molecule has 2 heterocycles. The molecule has 0 aromatic carbocycles. The van der Waals surface area contributed by atoms with Crippen LogP contribution in [0.3, 0.4) is 0 Å². The Balaban J connectivity index is 2.07. The average Bonchev–Trinajstić information content (AvgIpc) is 2.15. The Morgan fingerprint density at radius 3 is 2.86 bits per heavy atom. The molecule has 2 aliphatic rings. The van der Waals surface area contributed by atoms with Crippen LogP contribution in [0.2, 0.25) is 0 Å². The zero-order chi connectivity index (χ0) is 4.74. The molecule has 40 valence electrons. The quantitative estimate of drug-likeness (QED) is 0.420. The fourth-order valence-corrected chi connectivity index (χ4v) is 1.49. The van der Waals surface area contributed by atoms with Gasteiger partial charge in [-0.2, -0.15) is 0 Å². The SMILES string of the molecule is C1CSC2(N1)NO2. The van der Waals surface area contributed by atoms with Crippen molar-refractivity contribution < 1.29 is 4.84 Å². The molecule has 4 heteroatoms. The van der Waals surface area contributed by atoms with Gasteiger partial charge in [0.05, 0.1) is 0 Å². The minimum absolute atomic E-state index is 0.139. The van der Waals surface area contributed by atoms with E-state index in [2.05, 4.69) is 10.8 Å². The van der Waals surface area contributed by atoms with E-state index in [-0.39, 0.29) is 5.18 Å². The van der Waals surface area contributed by atoms with Crippen LogP contribution in [0.4, 0.5) is 0 Å². The van der Waals surface area contributed by atoms with Crippen molar-refractivity contribution in [1.82, 2.24) is 10.8 Å². The molecule has 0 aliphatic carbocycles. The molecule has 2 aliphatic heterocycles. The lowest BCUT2D eigenvalue weighted by molar-refractivity contribution is 0.334. The van der Waals surface area contributed by atoms with Crippen molar-refractivity contribution in [2.75, 3.05) is 12.3 Å². The smallest absolute Gasteiger partial charge is 0.264 e. The molecule has 0 aromatic heterocycles. The van der Waals surface area contributed by atoms with Crippen molar-refractivity contribution in [3.63, 3.8) is 0 Å². The van der Waals surface area contributed by atoms with Crippen LogP contribution in [-0.2, 0) is 4.84 Å². The molecule has 2 N–H and O–H groups in total. The summed E-state index contributed by atoms with van der Waals surface area (Å²) in [5.41, 5.74) is 2.76. The maximum absolute atomic E-state index is 4.86. The van der Waals surface area contributed by atoms with Gasteiger partial charge in [0, 0.05) is 12.3 Å². The van der Waals surface area contributed by atoms with Gasteiger partial charge in [0.25, 0.3) is 5.18 Å². The van der Waals surface area contributed by atoms with E-state index >= 15 is 0 Å². The summed E-state index contributed by atoms with van der Waals surface area (Å²) in [7, 11) is 0. The summed E-state index contributed by atoms with van der Waals surface area (Å²) in [5.74, 6) is 1.15. The Kier molecular flexibility index (Phi) is 0.674. The van der Waals surface area contributed by atoms with Crippen molar-refractivity contribution in [3.05, 3.63) is 0 Å². The van der Waals surface area contributed by atoms with Crippen LogP contribution in [0.5, 0.6) is 0 Å². The first-order chi connectivity index (χ1) is 3.41. The number of hydroxylamine groups is 1. The molecule has 1 unspecified atom stereocenters. The first-order valence-electron chi connectivity index (χ1n) is 2.25. The van der Waals surface area contributed by atoms with Crippen molar-refractivity contribution >= 4 is 11.8 Å². The first-order valence-corrected chi connectivity index (χ1v) is 3.24. The second-order valence-corrected chi connectivity index (χ2v) is 2.87. The Morgan fingerprint density at radius 1 is 1.71 bits per heavy atom. The molecule has 2 rings (SSSR count). The lowest BCUT2D eigenvalue weighted by atomic mass is 10.7. The lowest BCUT2D eigenvalue weighted by Gasteiger charge is -1.91. The molecular weight excluding hydrogens is 112 g/mol. The fraction of sp³-hybridized carbons (Fsp3) is 1.00. The van der Waals surface area contributed by atoms with Gasteiger partial charge < -0.3 is 0 Å². The van der Waals surface area contributed by atoms with E-state index in [1.165, 1.54) is 0 Å². The minimum Gasteiger partial charge on any atom is -0.264 e. The standard InChI is InChI=1S/C3H6N2OS/c1-2-7-3(4-1)5-6-3/h4-5H,1-2H2. The van der Waals surface area contributed by atoms with E-state index in [0.717, 1.165) is 12.3 Å². The first kappa shape index (κ1) is 4.14. The Labute approximate surface area is 45.7 Å². The summed E-state index contributed by atoms with van der Waals surface area (Å²) in [6.45, 7) is 1.05. The van der Waals surface area contributed by atoms with Crippen molar-refractivity contribution in [2.24, 2.45) is 0 Å². The lowest BCUT2D eigenvalue weighted by Crippen LogP contribution is -2.25. The predicted octanol–water partition coefficient (Wildman–Crippen LogP) is -0.531. The number of hydrogen-bond acceptors (Lipinski definition) is 4. The molecule has 3 nitrogen and oxygen atoms in total. The normalized spacial score (nSPS) is 48.0. The highest BCUT2D eigenvalue weighted by atomic mass is 32.2. The molecule has 2 saturated heterocycles. The van der Waals surface area contributed by atoms with Crippen LogP contribution in [0, 0.1) is 0 Å². The predicted molar refractivity (Wildman–Crippen MR) is 27.4 cm³/mol. The van der Waals surface area contributed by atoms with Crippen LogP contribution < -0.4 is 10.8 Å². The highest BCUT2D eigenvalue weighted by molar-refractivity contribution is 8.00. The molecule has 2 fully saturated rings. The largest absolute Gasteiger partial charge is 0.265 e. The van der Waals surface area contributed by atoms with Gasteiger partial charge in [-0.05, 0) is 0 Å². The molecule has 1 atom stereocenters. The topological polar surface area (TPSA) is 46.5 Å². The van der Waals surface area contributed by atoms with Crippen molar-refractivity contribution in [3.8, 4) is 0 Å². The second kappa shape index (κ2) is 1.14. The van der Waals surface area contributed by atoms with Crippen LogP contribution in [0.25, 0.3) is 0 Å². The van der Waals surface area contributed by atoms with Gasteiger partial charge in [0.1, 0.15) is 0 Å². The van der Waals surface area contributed by atoms with Crippen LogP contribution in [-0.4, -0.2) is 17.5 Å². The van der Waals surface area contributed by atoms with Crippen LogP contribution >= 0.6 is 11.8 Å². The summed E-state index contributed by atoms with van der Waals surface area (Å²) in [4.78, 5) is 4.86. The van der Waals surface area contributed by atoms with Crippen LogP contribution in [0.1, 0.15) is 0 Å². The molecule has 0 saturated carbocycles. The Bertz CT molecular complexity index is 84.9. The number of nitrogens with one attached hydrogen (secondary N) is 2. The van der Waals surface area contributed by atoms with Gasteiger partial charge in [-0.3, -0.25) is 5.32 Å². The van der Waals surface area contributed by atoms with Gasteiger partial charge in [-0.15, -0.1) is 5.48 Å². The van der Waals surface area contributed by atoms with E-state index in [4.69, 9.17) is 4.84 Å². The molecule has 0 amide bonds. The van der Waals surface area contributed by atoms with E-state index < -0.39 is 0 Å². The van der Waals surface area contributed by atoms with E-state index in [9.17, 15) is 0 Å². The third kappa shape index (κ3) is 0.551. The van der Waals surface area contributed by atoms with Crippen LogP contribution in [0.15, 0.2) is 0 Å². The zero-order valence-corrected chi connectivity index (χ0v) is 4.55. The zero-order valence-electron chi connectivity index (χ0n) is 3.73. The van der Waals surface area contributed by atoms with Gasteiger partial charge >= 0.3 is 0 Å². The third-order valence-electron chi connectivity index (χ3n) is 1.05. The van der Waals surface area contributed by atoms with E-state index in [0.29, 0.717) is 0 Å². The minimum atomic E-state index is -0.139. The maximum Gasteiger partial charge on any atom is 0.265 e. The third-order valence-corrected chi connectivity index (χ3v) is 2.18. The van der Waals surface area contributed by atoms with Gasteiger partial charge in [-0.25, -0.2) is 4.84 Å². The summed E-state index contributed by atoms with van der Waals surface area (Å²) in [6, 6.07) is 0. The Morgan fingerprint density at radius 2 is 2.57 bits per heavy atom.